The molecule has 1 aromatic rings. The first kappa shape index (κ1) is 14.6. The fraction of sp³-hybridized carbons (Fsp3) is 0.600. The molecular formula is C15H22N2O3. The summed E-state index contributed by atoms with van der Waals surface area (Å²) in [6, 6.07) is 3.72. The minimum Gasteiger partial charge on any atom is -0.444 e. The van der Waals surface area contributed by atoms with E-state index in [0.717, 1.165) is 12.0 Å². The van der Waals surface area contributed by atoms with Crippen LogP contribution in [0.3, 0.4) is 0 Å². The molecule has 0 spiro atoms. The molecule has 1 fully saturated rings. The number of pyridine rings is 1. The van der Waals surface area contributed by atoms with E-state index < -0.39 is 5.60 Å². The minimum absolute atomic E-state index is 0.0172. The van der Waals surface area contributed by atoms with E-state index in [0.29, 0.717) is 13.1 Å². The SMILES string of the molecule is Cn1cccc(C2CCN(C(=O)OC(C)(C)C)C2)c1=O. The van der Waals surface area contributed by atoms with E-state index in [1.807, 2.05) is 32.9 Å². The number of rotatable bonds is 1. The Labute approximate surface area is 119 Å². The molecule has 1 aliphatic heterocycles. The summed E-state index contributed by atoms with van der Waals surface area (Å²) in [4.78, 5) is 25.8. The first-order valence-electron chi connectivity index (χ1n) is 6.91. The van der Waals surface area contributed by atoms with E-state index in [4.69, 9.17) is 4.74 Å². The molecular weight excluding hydrogens is 256 g/mol. The second-order valence-electron chi connectivity index (χ2n) is 6.29. The molecule has 110 valence electrons. The zero-order valence-electron chi connectivity index (χ0n) is 12.5. The van der Waals surface area contributed by atoms with Gasteiger partial charge in [0.15, 0.2) is 0 Å². The average Bonchev–Trinajstić information content (AvgIpc) is 2.80. The number of nitrogens with zero attached hydrogens (tertiary/aromatic N) is 2. The normalized spacial score (nSPS) is 19.2. The quantitative estimate of drug-likeness (QED) is 0.790. The summed E-state index contributed by atoms with van der Waals surface area (Å²) in [6.07, 6.45) is 2.25. The summed E-state index contributed by atoms with van der Waals surface area (Å²) < 4.78 is 6.94. The fourth-order valence-electron chi connectivity index (χ4n) is 2.44. The highest BCUT2D eigenvalue weighted by Gasteiger charge is 2.31. The van der Waals surface area contributed by atoms with Crippen LogP contribution < -0.4 is 5.56 Å². The van der Waals surface area contributed by atoms with Crippen molar-refractivity contribution in [2.75, 3.05) is 13.1 Å². The van der Waals surface area contributed by atoms with E-state index in [2.05, 4.69) is 0 Å². The van der Waals surface area contributed by atoms with Crippen LogP contribution in [-0.4, -0.2) is 34.3 Å². The fourth-order valence-corrected chi connectivity index (χ4v) is 2.44. The molecule has 1 atom stereocenters. The maximum atomic E-state index is 12.1. The van der Waals surface area contributed by atoms with Crippen LogP contribution in [0.25, 0.3) is 0 Å². The summed E-state index contributed by atoms with van der Waals surface area (Å²) in [5, 5.41) is 0. The van der Waals surface area contributed by atoms with E-state index in [1.165, 1.54) is 0 Å². The number of hydrogen-bond acceptors (Lipinski definition) is 3. The molecule has 1 unspecified atom stereocenters. The molecule has 0 aliphatic carbocycles. The van der Waals surface area contributed by atoms with Gasteiger partial charge >= 0.3 is 6.09 Å². The number of amides is 1. The highest BCUT2D eigenvalue weighted by atomic mass is 16.6. The van der Waals surface area contributed by atoms with E-state index in [9.17, 15) is 9.59 Å². The Morgan fingerprint density at radius 1 is 1.40 bits per heavy atom. The lowest BCUT2D eigenvalue weighted by Crippen LogP contribution is -2.35. The van der Waals surface area contributed by atoms with E-state index >= 15 is 0 Å². The van der Waals surface area contributed by atoms with Crippen LogP contribution in [0, 0.1) is 0 Å². The number of carbonyl (C=O) groups excluding carboxylic acids is 1. The molecule has 2 heterocycles. The number of likely N-dealkylation sites (tertiary alicyclic amines) is 1. The van der Waals surface area contributed by atoms with Crippen LogP contribution in [0.4, 0.5) is 4.79 Å². The van der Waals surface area contributed by atoms with Crippen LogP contribution in [-0.2, 0) is 11.8 Å². The predicted octanol–water partition coefficient (Wildman–Crippen LogP) is 2.11. The Hall–Kier alpha value is -1.78. The number of hydrogen-bond donors (Lipinski definition) is 0. The van der Waals surface area contributed by atoms with Gasteiger partial charge in [0.2, 0.25) is 0 Å². The highest BCUT2D eigenvalue weighted by Crippen LogP contribution is 2.26. The lowest BCUT2D eigenvalue weighted by molar-refractivity contribution is 0.0292. The van der Waals surface area contributed by atoms with Gasteiger partial charge in [0.25, 0.3) is 5.56 Å². The lowest BCUT2D eigenvalue weighted by Gasteiger charge is -2.24. The van der Waals surface area contributed by atoms with Gasteiger partial charge < -0.3 is 14.2 Å². The summed E-state index contributed by atoms with van der Waals surface area (Å²) in [6.45, 7) is 6.74. The van der Waals surface area contributed by atoms with Gasteiger partial charge in [0.05, 0.1) is 0 Å². The zero-order chi connectivity index (χ0) is 14.9. The molecule has 0 aromatic carbocycles. The van der Waals surface area contributed by atoms with Gasteiger partial charge in [0, 0.05) is 37.8 Å². The topological polar surface area (TPSA) is 51.5 Å². The van der Waals surface area contributed by atoms with Crippen molar-refractivity contribution in [1.82, 2.24) is 9.47 Å². The zero-order valence-corrected chi connectivity index (χ0v) is 12.5. The van der Waals surface area contributed by atoms with Crippen LogP contribution in [0.2, 0.25) is 0 Å². The third kappa shape index (κ3) is 3.21. The lowest BCUT2D eigenvalue weighted by atomic mass is 10.0. The first-order chi connectivity index (χ1) is 9.28. The average molecular weight is 278 g/mol. The summed E-state index contributed by atoms with van der Waals surface area (Å²) in [5.74, 6) is 0.0995. The van der Waals surface area contributed by atoms with Crippen LogP contribution in [0.5, 0.6) is 0 Å². The van der Waals surface area contributed by atoms with Gasteiger partial charge in [-0.05, 0) is 33.3 Å². The largest absolute Gasteiger partial charge is 0.444 e. The second-order valence-corrected chi connectivity index (χ2v) is 6.29. The predicted molar refractivity (Wildman–Crippen MR) is 76.8 cm³/mol. The molecule has 0 radical (unpaired) electrons. The van der Waals surface area contributed by atoms with Gasteiger partial charge in [0.1, 0.15) is 5.60 Å². The van der Waals surface area contributed by atoms with Crippen molar-refractivity contribution in [3.05, 3.63) is 34.2 Å². The Balaban J connectivity index is 2.08. The van der Waals surface area contributed by atoms with Crippen LogP contribution >= 0.6 is 0 Å². The molecule has 0 saturated carbocycles. The van der Waals surface area contributed by atoms with Crippen molar-refractivity contribution in [2.45, 2.75) is 38.7 Å². The highest BCUT2D eigenvalue weighted by molar-refractivity contribution is 5.68. The van der Waals surface area contributed by atoms with Crippen molar-refractivity contribution in [3.63, 3.8) is 0 Å². The molecule has 1 aliphatic rings. The third-order valence-corrected chi connectivity index (χ3v) is 3.43. The molecule has 5 nitrogen and oxygen atoms in total. The number of carbonyl (C=O) groups is 1. The van der Waals surface area contributed by atoms with E-state index in [-0.39, 0.29) is 17.6 Å². The maximum absolute atomic E-state index is 12.1. The minimum atomic E-state index is -0.488. The molecule has 1 aromatic heterocycles. The van der Waals surface area contributed by atoms with Crippen molar-refractivity contribution in [1.29, 1.82) is 0 Å². The van der Waals surface area contributed by atoms with Crippen LogP contribution in [0.15, 0.2) is 23.1 Å². The van der Waals surface area contributed by atoms with Crippen LogP contribution in [0.1, 0.15) is 38.7 Å². The number of ether oxygens (including phenoxy) is 1. The third-order valence-electron chi connectivity index (χ3n) is 3.43. The monoisotopic (exact) mass is 278 g/mol. The molecule has 1 amide bonds. The van der Waals surface area contributed by atoms with Gasteiger partial charge in [-0.3, -0.25) is 4.79 Å². The maximum Gasteiger partial charge on any atom is 0.410 e. The molecule has 1 saturated heterocycles. The number of aromatic nitrogens is 1. The Morgan fingerprint density at radius 2 is 2.10 bits per heavy atom. The van der Waals surface area contributed by atoms with Gasteiger partial charge in [-0.15, -0.1) is 0 Å². The molecule has 5 heteroatoms. The summed E-state index contributed by atoms with van der Waals surface area (Å²) in [5.41, 5.74) is 0.308. The van der Waals surface area contributed by atoms with E-state index in [1.54, 1.807) is 22.7 Å². The van der Waals surface area contributed by atoms with Crippen molar-refractivity contribution in [2.24, 2.45) is 7.05 Å². The summed E-state index contributed by atoms with van der Waals surface area (Å²) >= 11 is 0. The molecule has 20 heavy (non-hydrogen) atoms. The summed E-state index contributed by atoms with van der Waals surface area (Å²) in [7, 11) is 1.74. The first-order valence-corrected chi connectivity index (χ1v) is 6.91. The Bertz CT molecular complexity index is 557. The van der Waals surface area contributed by atoms with Gasteiger partial charge in [-0.2, -0.15) is 0 Å². The molecule has 0 N–H and O–H groups in total. The second kappa shape index (κ2) is 5.31. The van der Waals surface area contributed by atoms with Crippen molar-refractivity contribution < 1.29 is 9.53 Å². The molecule has 0 bridgehead atoms. The smallest absolute Gasteiger partial charge is 0.410 e. The van der Waals surface area contributed by atoms with Crippen molar-refractivity contribution >= 4 is 6.09 Å². The Kier molecular flexibility index (Phi) is 3.88. The van der Waals surface area contributed by atoms with Gasteiger partial charge in [-0.1, -0.05) is 6.07 Å². The van der Waals surface area contributed by atoms with Crippen molar-refractivity contribution in [3.8, 4) is 0 Å². The molecule has 2 rings (SSSR count). The van der Waals surface area contributed by atoms with Gasteiger partial charge in [-0.25, -0.2) is 4.79 Å². The number of aryl methyl sites for hydroxylation is 1. The standard InChI is InChI=1S/C15H22N2O3/c1-15(2,3)20-14(19)17-9-7-11(10-17)12-6-5-8-16(4)13(12)18/h5-6,8,11H,7,9-10H2,1-4H3. The Morgan fingerprint density at radius 3 is 2.75 bits per heavy atom.